The maximum absolute atomic E-state index is 11.5. The van der Waals surface area contributed by atoms with E-state index in [9.17, 15) is 4.79 Å². The number of aryl methyl sites for hydroxylation is 2. The van der Waals surface area contributed by atoms with Gasteiger partial charge in [-0.2, -0.15) is 0 Å². The van der Waals surface area contributed by atoms with E-state index in [2.05, 4.69) is 20.6 Å². The molecule has 0 radical (unpaired) electrons. The van der Waals surface area contributed by atoms with Crippen molar-refractivity contribution in [3.63, 3.8) is 0 Å². The molecule has 4 heterocycles. The van der Waals surface area contributed by atoms with Gasteiger partial charge in [-0.3, -0.25) is 14.8 Å². The molecule has 3 N–H and O–H groups in total. The number of hydrogen-bond donors (Lipinski definition) is 3. The first kappa shape index (κ1) is 36.3. The number of para-hydroxylation sites is 2. The summed E-state index contributed by atoms with van der Waals surface area (Å²) in [7, 11) is 3.17. The first-order chi connectivity index (χ1) is 25.9. The Labute approximate surface area is 317 Å². The largest absolute Gasteiger partial charge is 0.480 e. The van der Waals surface area contributed by atoms with Gasteiger partial charge in [-0.05, 0) is 50.8 Å². The number of carbonyl (C=O) groups excluding carboxylic acids is 1. The molecule has 0 aliphatic carbocycles. The van der Waals surface area contributed by atoms with Gasteiger partial charge in [0, 0.05) is 47.7 Å². The Bertz CT molecular complexity index is 2210. The standard InChI is InChI=1S/C40H40Cl2N8O3/c1-52-39-31(16-5-9-24-18-19-36(51)46-24)44-22-32(49-39)27-12-6-10-25(37(27)41)26-11-7-13-28(38(26)42)33-23-45-34(40(50-33)53-2)21-43-20-8-17-35-47-29-14-3-4-15-30(29)48-35/h3-4,6-7,10-15,22-24,43H,5,8-9,16-21H2,1-2H3,(H,46,51)(H,47,48)/t24-/m1/s1. The van der Waals surface area contributed by atoms with Gasteiger partial charge in [-0.1, -0.05) is 71.7 Å². The smallest absolute Gasteiger partial charge is 0.237 e. The van der Waals surface area contributed by atoms with Gasteiger partial charge in [0.2, 0.25) is 17.7 Å². The summed E-state index contributed by atoms with van der Waals surface area (Å²) < 4.78 is 11.3. The minimum Gasteiger partial charge on any atom is -0.480 e. The lowest BCUT2D eigenvalue weighted by molar-refractivity contribution is -0.119. The molecular weight excluding hydrogens is 711 g/mol. The van der Waals surface area contributed by atoms with E-state index in [1.54, 1.807) is 26.6 Å². The molecule has 11 nitrogen and oxygen atoms in total. The summed E-state index contributed by atoms with van der Waals surface area (Å²) in [6.07, 6.45) is 9.09. The lowest BCUT2D eigenvalue weighted by Gasteiger charge is -2.15. The highest BCUT2D eigenvalue weighted by atomic mass is 35.5. The zero-order valence-corrected chi connectivity index (χ0v) is 31.1. The molecule has 1 aliphatic rings. The number of rotatable bonds is 15. The summed E-state index contributed by atoms with van der Waals surface area (Å²) in [5, 5.41) is 7.43. The first-order valence-electron chi connectivity index (χ1n) is 17.7. The quantitative estimate of drug-likeness (QED) is 0.0898. The Kier molecular flexibility index (Phi) is 11.4. The average molecular weight is 752 g/mol. The number of nitrogens with one attached hydrogen (secondary N) is 3. The molecule has 1 fully saturated rings. The number of carbonyl (C=O) groups is 1. The monoisotopic (exact) mass is 750 g/mol. The van der Waals surface area contributed by atoms with Crippen molar-refractivity contribution in [3.8, 4) is 45.4 Å². The fourth-order valence-corrected chi connectivity index (χ4v) is 7.32. The number of nitrogens with zero attached hydrogens (tertiary/aromatic N) is 5. The van der Waals surface area contributed by atoms with Crippen molar-refractivity contribution in [2.75, 3.05) is 20.8 Å². The fraction of sp³-hybridized carbons (Fsp3) is 0.300. The number of halogens is 2. The van der Waals surface area contributed by atoms with Gasteiger partial charge in [0.05, 0.1) is 59.1 Å². The number of benzene rings is 3. The number of aromatic amines is 1. The van der Waals surface area contributed by atoms with E-state index in [4.69, 9.17) is 52.6 Å². The predicted octanol–water partition coefficient (Wildman–Crippen LogP) is 7.79. The van der Waals surface area contributed by atoms with Crippen LogP contribution >= 0.6 is 23.2 Å². The van der Waals surface area contributed by atoms with Crippen molar-refractivity contribution in [2.45, 2.75) is 57.5 Å². The van der Waals surface area contributed by atoms with Crippen LogP contribution in [0.1, 0.15) is 49.3 Å². The molecule has 3 aromatic heterocycles. The average Bonchev–Trinajstić information content (AvgIpc) is 3.80. The van der Waals surface area contributed by atoms with E-state index < -0.39 is 0 Å². The van der Waals surface area contributed by atoms with Crippen molar-refractivity contribution in [1.82, 2.24) is 40.5 Å². The number of aromatic nitrogens is 6. The van der Waals surface area contributed by atoms with Crippen LogP contribution in [0, 0.1) is 0 Å². The van der Waals surface area contributed by atoms with Crippen LogP contribution in [0.25, 0.3) is 44.7 Å². The molecule has 53 heavy (non-hydrogen) atoms. The molecule has 272 valence electrons. The van der Waals surface area contributed by atoms with E-state index in [1.807, 2.05) is 60.7 Å². The molecule has 13 heteroatoms. The van der Waals surface area contributed by atoms with Crippen molar-refractivity contribution in [3.05, 3.63) is 100 Å². The zero-order chi connectivity index (χ0) is 36.7. The van der Waals surface area contributed by atoms with Gasteiger partial charge in [0.1, 0.15) is 17.2 Å². The second-order valence-corrected chi connectivity index (χ2v) is 13.7. The maximum atomic E-state index is 11.5. The van der Waals surface area contributed by atoms with Crippen molar-refractivity contribution in [2.24, 2.45) is 0 Å². The minimum atomic E-state index is 0.123. The molecule has 0 bridgehead atoms. The van der Waals surface area contributed by atoms with Crippen LogP contribution in [-0.4, -0.2) is 62.6 Å². The summed E-state index contributed by atoms with van der Waals surface area (Å²) in [6.45, 7) is 1.28. The third kappa shape index (κ3) is 8.27. The molecule has 0 saturated carbocycles. The maximum Gasteiger partial charge on any atom is 0.237 e. The van der Waals surface area contributed by atoms with Gasteiger partial charge in [-0.25, -0.2) is 15.0 Å². The Hall–Kier alpha value is -5.10. The normalized spacial score (nSPS) is 14.1. The first-order valence-corrected chi connectivity index (χ1v) is 18.5. The third-order valence-electron chi connectivity index (χ3n) is 9.40. The van der Waals surface area contributed by atoms with Crippen LogP contribution in [0.3, 0.4) is 0 Å². The number of imidazole rings is 1. The van der Waals surface area contributed by atoms with Crippen molar-refractivity contribution >= 4 is 40.1 Å². The molecule has 1 aliphatic heterocycles. The number of methoxy groups -OCH3 is 2. The highest BCUT2D eigenvalue weighted by Crippen LogP contribution is 2.42. The van der Waals surface area contributed by atoms with Gasteiger partial charge < -0.3 is 25.1 Å². The highest BCUT2D eigenvalue weighted by molar-refractivity contribution is 6.39. The van der Waals surface area contributed by atoms with Crippen LogP contribution in [0.2, 0.25) is 10.0 Å². The van der Waals surface area contributed by atoms with Crippen LogP contribution < -0.4 is 20.1 Å². The second kappa shape index (κ2) is 16.7. The molecule has 7 rings (SSSR count). The summed E-state index contributed by atoms with van der Waals surface area (Å²) in [6, 6.07) is 19.7. The second-order valence-electron chi connectivity index (χ2n) is 12.9. The van der Waals surface area contributed by atoms with Gasteiger partial charge in [-0.15, -0.1) is 0 Å². The summed E-state index contributed by atoms with van der Waals surface area (Å²) in [5.41, 5.74) is 7.54. The molecule has 1 atom stereocenters. The van der Waals surface area contributed by atoms with Gasteiger partial charge in [0.25, 0.3) is 0 Å². The number of ether oxygens (including phenoxy) is 2. The number of H-pyrrole nitrogens is 1. The molecule has 0 unspecified atom stereocenters. The summed E-state index contributed by atoms with van der Waals surface area (Å²) >= 11 is 14.2. The molecule has 1 amide bonds. The van der Waals surface area contributed by atoms with Gasteiger partial charge >= 0.3 is 0 Å². The Morgan fingerprint density at radius 2 is 1.42 bits per heavy atom. The lowest BCUT2D eigenvalue weighted by Crippen LogP contribution is -2.25. The molecular formula is C40H40Cl2N8O3. The summed E-state index contributed by atoms with van der Waals surface area (Å²) in [4.78, 5) is 38.5. The Morgan fingerprint density at radius 3 is 2.06 bits per heavy atom. The minimum absolute atomic E-state index is 0.123. The van der Waals surface area contributed by atoms with Crippen LogP contribution in [0.15, 0.2) is 73.1 Å². The fourth-order valence-electron chi connectivity index (χ4n) is 6.67. The predicted molar refractivity (Wildman–Crippen MR) is 207 cm³/mol. The third-order valence-corrected chi connectivity index (χ3v) is 10.2. The molecule has 0 spiro atoms. The van der Waals surface area contributed by atoms with E-state index in [1.165, 1.54) is 0 Å². The topological polar surface area (TPSA) is 140 Å². The van der Waals surface area contributed by atoms with E-state index in [-0.39, 0.29) is 11.9 Å². The molecule has 3 aromatic carbocycles. The Morgan fingerprint density at radius 1 is 0.774 bits per heavy atom. The van der Waals surface area contributed by atoms with Gasteiger partial charge in [0.15, 0.2) is 0 Å². The Balaban J connectivity index is 1.03. The number of fused-ring (bicyclic) bond motifs is 1. The molecule has 6 aromatic rings. The van der Waals surface area contributed by atoms with E-state index in [0.29, 0.717) is 69.4 Å². The molecule has 1 saturated heterocycles. The number of amides is 1. The van der Waals surface area contributed by atoms with Crippen LogP contribution in [0.4, 0.5) is 0 Å². The number of hydrogen-bond acceptors (Lipinski definition) is 9. The lowest BCUT2D eigenvalue weighted by atomic mass is 9.98. The van der Waals surface area contributed by atoms with Crippen molar-refractivity contribution < 1.29 is 14.3 Å². The van der Waals surface area contributed by atoms with Crippen LogP contribution in [-0.2, 0) is 24.2 Å². The van der Waals surface area contributed by atoms with E-state index >= 15 is 0 Å². The highest BCUT2D eigenvalue weighted by Gasteiger charge is 2.22. The summed E-state index contributed by atoms with van der Waals surface area (Å²) in [5.74, 6) is 1.98. The van der Waals surface area contributed by atoms with Crippen molar-refractivity contribution in [1.29, 1.82) is 0 Å². The zero-order valence-electron chi connectivity index (χ0n) is 29.6. The van der Waals surface area contributed by atoms with E-state index in [0.717, 1.165) is 72.3 Å². The van der Waals surface area contributed by atoms with Crippen LogP contribution in [0.5, 0.6) is 11.8 Å². The SMILES string of the molecule is COc1nc(-c2cccc(-c3cccc(-c4cnc(CNCCCc5nc6ccccc6[nH]5)c(OC)n4)c3Cl)c2Cl)cnc1CCC[C@@H]1CCC(=O)N1.